The van der Waals surface area contributed by atoms with Gasteiger partial charge in [0.1, 0.15) is 23.9 Å². The number of carbonyl (C=O) groups excluding carboxylic acids is 1. The molecule has 0 aliphatic carbocycles. The second-order valence-electron chi connectivity index (χ2n) is 8.52. The maximum atomic E-state index is 15.2. The molecule has 0 aliphatic rings. The number of ether oxygens (including phenoxy) is 2. The van der Waals surface area contributed by atoms with E-state index in [1.165, 1.54) is 60.9 Å². The molecule has 0 fully saturated rings. The zero-order valence-corrected chi connectivity index (χ0v) is 20.7. The van der Waals surface area contributed by atoms with Crippen molar-refractivity contribution >= 4 is 34.3 Å². The number of halogens is 5. The number of fused-ring (bicyclic) bond motifs is 1. The lowest BCUT2D eigenvalue weighted by atomic mass is 10.0. The minimum absolute atomic E-state index is 0.0801. The molecular weight excluding hydrogens is 530 g/mol. The van der Waals surface area contributed by atoms with E-state index in [0.29, 0.717) is 5.02 Å². The van der Waals surface area contributed by atoms with Crippen LogP contribution in [0.25, 0.3) is 16.6 Å². The Morgan fingerprint density at radius 2 is 1.68 bits per heavy atom. The van der Waals surface area contributed by atoms with Crippen LogP contribution in [-0.4, -0.2) is 34.4 Å². The molecule has 0 aliphatic heterocycles. The van der Waals surface area contributed by atoms with Crippen LogP contribution in [0.1, 0.15) is 28.5 Å². The molecule has 0 saturated carbocycles. The lowest BCUT2D eigenvalue weighted by Crippen LogP contribution is -2.18. The predicted octanol–water partition coefficient (Wildman–Crippen LogP) is 6.96. The summed E-state index contributed by atoms with van der Waals surface area (Å²) in [5.74, 6) is -3.56. The van der Waals surface area contributed by atoms with E-state index in [-0.39, 0.29) is 45.8 Å². The number of benzene rings is 3. The molecule has 1 heterocycles. The minimum atomic E-state index is -4.97. The van der Waals surface area contributed by atoms with E-state index in [4.69, 9.17) is 21.4 Å². The van der Waals surface area contributed by atoms with Gasteiger partial charge in [-0.15, -0.1) is 13.2 Å². The van der Waals surface area contributed by atoms with E-state index in [0.717, 1.165) is 18.2 Å². The lowest BCUT2D eigenvalue weighted by Gasteiger charge is -2.14. The molecule has 4 aromatic rings. The molecule has 38 heavy (non-hydrogen) atoms. The standard InChI is InChI=1S/C27H20ClF4NO5/c1-14(26(35)36)13-37-18-8-10-21(29)23(11-18)33-15(2)24(25(34)16-3-5-17(28)6-4-16)20-9-7-19(12-22(20)33)38-27(30,31)32/h3-12,14H,13H2,1-2H3,(H,35,36)/t14-/m0/s1. The van der Waals surface area contributed by atoms with Gasteiger partial charge in [0, 0.05) is 33.8 Å². The van der Waals surface area contributed by atoms with Gasteiger partial charge in [0.25, 0.3) is 0 Å². The van der Waals surface area contributed by atoms with E-state index in [9.17, 15) is 22.8 Å². The summed E-state index contributed by atoms with van der Waals surface area (Å²) >= 11 is 5.93. The molecular formula is C27H20ClF4NO5. The van der Waals surface area contributed by atoms with Crippen molar-refractivity contribution in [1.82, 2.24) is 4.57 Å². The highest BCUT2D eigenvalue weighted by Crippen LogP contribution is 2.36. The van der Waals surface area contributed by atoms with Crippen molar-refractivity contribution in [3.63, 3.8) is 0 Å². The average Bonchev–Trinajstić information content (AvgIpc) is 3.13. The maximum Gasteiger partial charge on any atom is 0.573 e. The Bertz CT molecular complexity index is 1530. The Balaban J connectivity index is 1.91. The van der Waals surface area contributed by atoms with Gasteiger partial charge in [0.2, 0.25) is 0 Å². The summed E-state index contributed by atoms with van der Waals surface area (Å²) in [4.78, 5) is 24.6. The molecule has 6 nitrogen and oxygen atoms in total. The van der Waals surface area contributed by atoms with E-state index in [1.807, 2.05) is 0 Å². The van der Waals surface area contributed by atoms with Crippen LogP contribution in [0.3, 0.4) is 0 Å². The summed E-state index contributed by atoms with van der Waals surface area (Å²) in [7, 11) is 0. The van der Waals surface area contributed by atoms with Crippen LogP contribution in [0.5, 0.6) is 11.5 Å². The summed E-state index contributed by atoms with van der Waals surface area (Å²) < 4.78 is 64.9. The zero-order valence-electron chi connectivity index (χ0n) is 20.0. The quantitative estimate of drug-likeness (QED) is 0.190. The van der Waals surface area contributed by atoms with Crippen LogP contribution in [0, 0.1) is 18.7 Å². The number of nitrogens with zero attached hydrogens (tertiary/aromatic N) is 1. The molecule has 0 amide bonds. The van der Waals surface area contributed by atoms with E-state index in [1.54, 1.807) is 0 Å². The van der Waals surface area contributed by atoms with Gasteiger partial charge in [-0.1, -0.05) is 11.6 Å². The number of carbonyl (C=O) groups is 2. The van der Waals surface area contributed by atoms with Crippen molar-refractivity contribution in [2.45, 2.75) is 20.2 Å². The van der Waals surface area contributed by atoms with Crippen LogP contribution >= 0.6 is 11.6 Å². The second kappa shape index (κ2) is 10.4. The molecule has 0 saturated heterocycles. The van der Waals surface area contributed by atoms with Gasteiger partial charge in [-0.05, 0) is 62.4 Å². The summed E-state index contributed by atoms with van der Waals surface area (Å²) in [5, 5.41) is 9.76. The largest absolute Gasteiger partial charge is 0.573 e. The number of aromatic nitrogens is 1. The fourth-order valence-corrected chi connectivity index (χ4v) is 4.11. The molecule has 1 atom stereocenters. The summed E-state index contributed by atoms with van der Waals surface area (Å²) in [6.07, 6.45) is -4.97. The normalized spacial score (nSPS) is 12.4. The molecule has 0 unspecified atom stereocenters. The third kappa shape index (κ3) is 5.60. The van der Waals surface area contributed by atoms with Crippen molar-refractivity contribution in [3.05, 3.63) is 88.3 Å². The molecule has 3 aromatic carbocycles. The Morgan fingerprint density at radius 1 is 1.03 bits per heavy atom. The fraction of sp³-hybridized carbons (Fsp3) is 0.185. The number of rotatable bonds is 8. The van der Waals surface area contributed by atoms with Crippen LogP contribution in [0.2, 0.25) is 5.02 Å². The van der Waals surface area contributed by atoms with Crippen molar-refractivity contribution < 1.29 is 41.7 Å². The van der Waals surface area contributed by atoms with Crippen LogP contribution in [-0.2, 0) is 4.79 Å². The van der Waals surface area contributed by atoms with Crippen LogP contribution in [0.15, 0.2) is 60.7 Å². The van der Waals surface area contributed by atoms with Gasteiger partial charge in [-0.25, -0.2) is 4.39 Å². The molecule has 0 spiro atoms. The second-order valence-corrected chi connectivity index (χ2v) is 8.96. The van der Waals surface area contributed by atoms with Gasteiger partial charge in [-0.2, -0.15) is 0 Å². The number of hydrogen-bond acceptors (Lipinski definition) is 4. The molecule has 11 heteroatoms. The van der Waals surface area contributed by atoms with Crippen molar-refractivity contribution in [2.24, 2.45) is 5.92 Å². The lowest BCUT2D eigenvalue weighted by molar-refractivity contribution is -0.274. The highest BCUT2D eigenvalue weighted by molar-refractivity contribution is 6.30. The van der Waals surface area contributed by atoms with E-state index in [2.05, 4.69) is 4.74 Å². The molecule has 198 valence electrons. The molecule has 1 N–H and O–H groups in total. The van der Waals surface area contributed by atoms with Crippen molar-refractivity contribution in [1.29, 1.82) is 0 Å². The number of carboxylic acid groups (broad SMARTS) is 1. The summed E-state index contributed by atoms with van der Waals surface area (Å²) in [6, 6.07) is 13.2. The first-order valence-electron chi connectivity index (χ1n) is 11.2. The third-order valence-corrected chi connectivity index (χ3v) is 6.08. The summed E-state index contributed by atoms with van der Waals surface area (Å²) in [6.45, 7) is 2.77. The first-order valence-corrected chi connectivity index (χ1v) is 11.6. The van der Waals surface area contributed by atoms with Gasteiger partial charge in [-0.3, -0.25) is 9.59 Å². The van der Waals surface area contributed by atoms with Crippen molar-refractivity contribution in [2.75, 3.05) is 6.61 Å². The Morgan fingerprint density at radius 3 is 2.32 bits per heavy atom. The first-order chi connectivity index (χ1) is 17.9. The third-order valence-electron chi connectivity index (χ3n) is 5.82. The minimum Gasteiger partial charge on any atom is -0.493 e. The number of alkyl halides is 3. The highest BCUT2D eigenvalue weighted by atomic mass is 35.5. The molecule has 1 aromatic heterocycles. The fourth-order valence-electron chi connectivity index (χ4n) is 3.98. The molecule has 0 radical (unpaired) electrons. The van der Waals surface area contributed by atoms with E-state index < -0.39 is 35.6 Å². The topological polar surface area (TPSA) is 77.8 Å². The molecule has 0 bridgehead atoms. The van der Waals surface area contributed by atoms with Crippen LogP contribution < -0.4 is 9.47 Å². The van der Waals surface area contributed by atoms with Gasteiger partial charge >= 0.3 is 12.3 Å². The average molecular weight is 550 g/mol. The number of carboxylic acids is 1. The first kappa shape index (κ1) is 27.0. The van der Waals surface area contributed by atoms with Gasteiger partial charge < -0.3 is 19.1 Å². The maximum absolute atomic E-state index is 15.2. The number of aliphatic carboxylic acids is 1. The highest BCUT2D eigenvalue weighted by Gasteiger charge is 2.32. The van der Waals surface area contributed by atoms with Crippen molar-refractivity contribution in [3.8, 4) is 17.2 Å². The Kier molecular flexibility index (Phi) is 7.37. The summed E-state index contributed by atoms with van der Waals surface area (Å²) in [5.41, 5.74) is 0.626. The van der Waals surface area contributed by atoms with Crippen LogP contribution in [0.4, 0.5) is 17.6 Å². The van der Waals surface area contributed by atoms with Gasteiger partial charge in [0.15, 0.2) is 5.78 Å². The Hall–Kier alpha value is -4.05. The van der Waals surface area contributed by atoms with E-state index >= 15 is 4.39 Å². The zero-order chi connectivity index (χ0) is 27.8. The van der Waals surface area contributed by atoms with Gasteiger partial charge in [0.05, 0.1) is 22.7 Å². The number of ketones is 1. The Labute approximate surface area is 219 Å². The monoisotopic (exact) mass is 549 g/mol. The predicted molar refractivity (Wildman–Crippen MR) is 132 cm³/mol. The smallest absolute Gasteiger partial charge is 0.493 e. The SMILES string of the molecule is Cc1c(C(=O)c2ccc(Cl)cc2)c2ccc(OC(F)(F)F)cc2n1-c1cc(OC[C@H](C)C(=O)O)ccc1F. The molecule has 4 rings (SSSR count). The number of hydrogen-bond donors (Lipinski definition) is 1.